The van der Waals surface area contributed by atoms with Crippen LogP contribution in [0.25, 0.3) is 11.0 Å². The summed E-state index contributed by atoms with van der Waals surface area (Å²) >= 11 is 0. The van der Waals surface area contributed by atoms with Crippen molar-refractivity contribution in [3.05, 3.63) is 41.7 Å². The van der Waals surface area contributed by atoms with Crippen molar-refractivity contribution in [1.29, 1.82) is 0 Å². The van der Waals surface area contributed by atoms with Crippen LogP contribution in [0.2, 0.25) is 0 Å². The number of aromatic nitrogens is 3. The molecule has 0 saturated carbocycles. The fraction of sp³-hybridized carbons (Fsp3) is 0.462. The van der Waals surface area contributed by atoms with E-state index in [1.54, 1.807) is 13.3 Å². The molecule has 0 aromatic carbocycles. The van der Waals surface area contributed by atoms with Gasteiger partial charge in [0.25, 0.3) is 5.91 Å². The van der Waals surface area contributed by atoms with E-state index in [2.05, 4.69) is 30.5 Å². The van der Waals surface area contributed by atoms with E-state index in [-0.39, 0.29) is 37.0 Å². The first kappa shape index (κ1) is 23.8. The number of aliphatic hydroxyl groups is 1. The predicted octanol–water partition coefficient (Wildman–Crippen LogP) is 1.31. The van der Waals surface area contributed by atoms with E-state index in [1.807, 2.05) is 24.3 Å². The summed E-state index contributed by atoms with van der Waals surface area (Å²) in [5, 5.41) is 16.5. The summed E-state index contributed by atoms with van der Waals surface area (Å²) in [5.74, 6) is 2.44. The van der Waals surface area contributed by atoms with Crippen molar-refractivity contribution in [2.75, 3.05) is 51.9 Å². The second-order valence-corrected chi connectivity index (χ2v) is 9.73. The summed E-state index contributed by atoms with van der Waals surface area (Å²) in [6.07, 6.45) is 2.68. The first-order chi connectivity index (χ1) is 18.1. The van der Waals surface area contributed by atoms with Crippen LogP contribution in [0.15, 0.2) is 30.5 Å². The van der Waals surface area contributed by atoms with E-state index in [0.717, 1.165) is 54.1 Å². The number of carbonyl (C=O) groups excluding carboxylic acids is 1. The zero-order chi connectivity index (χ0) is 25.4. The molecule has 3 aromatic heterocycles. The summed E-state index contributed by atoms with van der Waals surface area (Å²) in [7, 11) is 1.61. The van der Waals surface area contributed by atoms with Crippen molar-refractivity contribution in [3.63, 3.8) is 0 Å². The predicted molar refractivity (Wildman–Crippen MR) is 135 cm³/mol. The number of fused-ring (bicyclic) bond motifs is 4. The molecule has 11 nitrogen and oxygen atoms in total. The van der Waals surface area contributed by atoms with Gasteiger partial charge in [0.05, 0.1) is 31.1 Å². The first-order valence-electron chi connectivity index (χ1n) is 12.6. The molecule has 0 bridgehead atoms. The van der Waals surface area contributed by atoms with E-state index >= 15 is 0 Å². The lowest BCUT2D eigenvalue weighted by molar-refractivity contribution is -0.118. The molecule has 0 spiro atoms. The SMILES string of the molecule is COc1ccc2ncc3c(c2n1)C(CN1CC[C@H](NCc2ccc4c(n2)NC(=O)CO4)[C@H](CO)C1)CO3. The van der Waals surface area contributed by atoms with Gasteiger partial charge >= 0.3 is 0 Å². The number of nitrogens with zero attached hydrogens (tertiary/aromatic N) is 4. The molecule has 3 aliphatic heterocycles. The van der Waals surface area contributed by atoms with E-state index in [4.69, 9.17) is 14.2 Å². The molecule has 6 heterocycles. The summed E-state index contributed by atoms with van der Waals surface area (Å²) < 4.78 is 16.7. The number of amides is 1. The maximum Gasteiger partial charge on any atom is 0.263 e. The number of rotatable bonds is 7. The summed E-state index contributed by atoms with van der Waals surface area (Å²) in [4.78, 5) is 27.7. The third-order valence-electron chi connectivity index (χ3n) is 7.36. The van der Waals surface area contributed by atoms with Gasteiger partial charge in [-0.05, 0) is 31.2 Å². The van der Waals surface area contributed by atoms with E-state index in [0.29, 0.717) is 30.6 Å². The molecule has 37 heavy (non-hydrogen) atoms. The van der Waals surface area contributed by atoms with Crippen LogP contribution < -0.4 is 24.8 Å². The van der Waals surface area contributed by atoms with Crippen molar-refractivity contribution >= 4 is 22.8 Å². The maximum atomic E-state index is 11.6. The smallest absolute Gasteiger partial charge is 0.263 e. The van der Waals surface area contributed by atoms with Gasteiger partial charge in [0.1, 0.15) is 11.3 Å². The standard InChI is InChI=1S/C26H30N6O5/c1-35-23-5-3-19-25(31-23)24-16(13-36-21(24)9-28-19)11-32-7-6-18(15(10-32)12-33)27-8-17-2-4-20-26(29-17)30-22(34)14-37-20/h2-5,9,15-16,18,27,33H,6-8,10-14H2,1H3,(H,29,30,34)/t15-,16?,18-/m0/s1. The molecular formula is C26H30N6O5. The molecule has 0 aliphatic carbocycles. The first-order valence-corrected chi connectivity index (χ1v) is 12.6. The van der Waals surface area contributed by atoms with Gasteiger partial charge in [0, 0.05) is 55.7 Å². The topological polar surface area (TPSA) is 131 Å². The number of methoxy groups -OCH3 is 1. The fourth-order valence-electron chi connectivity index (χ4n) is 5.47. The number of pyridine rings is 3. The Hall–Kier alpha value is -3.54. The monoisotopic (exact) mass is 506 g/mol. The molecule has 3 N–H and O–H groups in total. The Morgan fingerprint density at radius 3 is 3.00 bits per heavy atom. The van der Waals surface area contributed by atoms with Crippen LogP contribution in [0.4, 0.5) is 5.82 Å². The molecule has 3 aromatic rings. The molecule has 1 saturated heterocycles. The second-order valence-electron chi connectivity index (χ2n) is 9.73. The van der Waals surface area contributed by atoms with Crippen molar-refractivity contribution < 1.29 is 24.1 Å². The highest BCUT2D eigenvalue weighted by atomic mass is 16.5. The Kier molecular flexibility index (Phi) is 6.49. The molecule has 6 rings (SSSR count). The Morgan fingerprint density at radius 2 is 2.14 bits per heavy atom. The lowest BCUT2D eigenvalue weighted by Crippen LogP contribution is -2.51. The molecule has 11 heteroatoms. The molecule has 1 unspecified atom stereocenters. The van der Waals surface area contributed by atoms with Gasteiger partial charge < -0.3 is 34.9 Å². The fourth-order valence-corrected chi connectivity index (χ4v) is 5.47. The minimum atomic E-state index is -0.202. The van der Waals surface area contributed by atoms with E-state index < -0.39 is 0 Å². The lowest BCUT2D eigenvalue weighted by atomic mass is 9.91. The molecular weight excluding hydrogens is 476 g/mol. The van der Waals surface area contributed by atoms with Crippen molar-refractivity contribution in [2.45, 2.75) is 24.9 Å². The Labute approximate surface area is 214 Å². The van der Waals surface area contributed by atoms with Gasteiger partial charge in [-0.1, -0.05) is 0 Å². The Morgan fingerprint density at radius 1 is 1.22 bits per heavy atom. The van der Waals surface area contributed by atoms with Crippen molar-refractivity contribution in [1.82, 2.24) is 25.2 Å². The van der Waals surface area contributed by atoms with Gasteiger partial charge in [-0.15, -0.1) is 0 Å². The van der Waals surface area contributed by atoms with Gasteiger partial charge in [0.2, 0.25) is 5.88 Å². The zero-order valence-electron chi connectivity index (χ0n) is 20.6. The van der Waals surface area contributed by atoms with Gasteiger partial charge in [-0.3, -0.25) is 9.78 Å². The highest BCUT2D eigenvalue weighted by Gasteiger charge is 2.34. The number of hydrogen-bond acceptors (Lipinski definition) is 10. The van der Waals surface area contributed by atoms with Gasteiger partial charge in [0.15, 0.2) is 18.2 Å². The number of aliphatic hydroxyl groups excluding tert-OH is 1. The van der Waals surface area contributed by atoms with Crippen LogP contribution in [0.1, 0.15) is 23.6 Å². The largest absolute Gasteiger partial charge is 0.491 e. The zero-order valence-corrected chi connectivity index (χ0v) is 20.6. The number of likely N-dealkylation sites (tertiary alicyclic amines) is 1. The molecule has 3 aliphatic rings. The average molecular weight is 507 g/mol. The normalized spacial score (nSPS) is 23.1. The highest BCUT2D eigenvalue weighted by molar-refractivity contribution is 5.94. The molecule has 3 atom stereocenters. The summed E-state index contributed by atoms with van der Waals surface area (Å²) in [6, 6.07) is 7.63. The van der Waals surface area contributed by atoms with E-state index in [1.165, 1.54) is 0 Å². The highest BCUT2D eigenvalue weighted by Crippen LogP contribution is 2.39. The van der Waals surface area contributed by atoms with Crippen LogP contribution in [-0.4, -0.2) is 83.5 Å². The summed E-state index contributed by atoms with van der Waals surface area (Å²) in [6.45, 7) is 3.74. The number of nitrogens with one attached hydrogen (secondary N) is 2. The van der Waals surface area contributed by atoms with Crippen LogP contribution in [-0.2, 0) is 11.3 Å². The van der Waals surface area contributed by atoms with Crippen LogP contribution in [0.5, 0.6) is 17.4 Å². The molecule has 1 fully saturated rings. The number of ether oxygens (including phenoxy) is 3. The average Bonchev–Trinajstić information content (AvgIpc) is 3.34. The maximum absolute atomic E-state index is 11.6. The Balaban J connectivity index is 1.10. The van der Waals surface area contributed by atoms with Crippen molar-refractivity contribution in [2.24, 2.45) is 5.92 Å². The molecule has 1 amide bonds. The van der Waals surface area contributed by atoms with E-state index in [9.17, 15) is 9.90 Å². The summed E-state index contributed by atoms with van der Waals surface area (Å²) in [5.41, 5.74) is 3.55. The number of carbonyl (C=O) groups is 1. The number of hydrogen-bond donors (Lipinski definition) is 3. The number of piperidine rings is 1. The van der Waals surface area contributed by atoms with Gasteiger partial charge in [-0.25, -0.2) is 9.97 Å². The number of anilines is 1. The minimum Gasteiger partial charge on any atom is -0.491 e. The minimum absolute atomic E-state index is 0.0133. The second kappa shape index (κ2) is 10.1. The van der Waals surface area contributed by atoms with Crippen LogP contribution in [0, 0.1) is 5.92 Å². The molecule has 0 radical (unpaired) electrons. The molecule has 194 valence electrons. The Bertz CT molecular complexity index is 1320. The third-order valence-corrected chi connectivity index (χ3v) is 7.36. The third kappa shape index (κ3) is 4.77. The van der Waals surface area contributed by atoms with Gasteiger partial charge in [-0.2, -0.15) is 0 Å². The van der Waals surface area contributed by atoms with Crippen molar-refractivity contribution in [3.8, 4) is 17.4 Å². The van der Waals surface area contributed by atoms with Crippen LogP contribution >= 0.6 is 0 Å². The van der Waals surface area contributed by atoms with Crippen LogP contribution in [0.3, 0.4) is 0 Å². The lowest BCUT2D eigenvalue weighted by Gasteiger charge is -2.39. The quantitative estimate of drug-likeness (QED) is 0.431.